The van der Waals surface area contributed by atoms with Crippen molar-refractivity contribution in [1.82, 2.24) is 10.3 Å². The van der Waals surface area contributed by atoms with Gasteiger partial charge >= 0.3 is 6.09 Å². The molecule has 6 heteroatoms. The number of hydrogen-bond donors (Lipinski definition) is 1. The Labute approximate surface area is 179 Å². The molecule has 0 fully saturated rings. The van der Waals surface area contributed by atoms with E-state index in [1.165, 1.54) is 23.4 Å². The minimum atomic E-state index is -0.642. The number of nitrogens with zero attached hydrogens (tertiary/aromatic N) is 1. The average molecular weight is 421 g/mol. The fourth-order valence-electron chi connectivity index (χ4n) is 3.55. The van der Waals surface area contributed by atoms with Crippen LogP contribution in [0.3, 0.4) is 0 Å². The van der Waals surface area contributed by atoms with Crippen molar-refractivity contribution >= 4 is 17.7 Å². The summed E-state index contributed by atoms with van der Waals surface area (Å²) in [7, 11) is 0. The molecule has 0 saturated heterocycles. The molecule has 0 atom stereocenters. The number of pyridine rings is 1. The highest BCUT2D eigenvalue weighted by Crippen LogP contribution is 2.44. The normalized spacial score (nSPS) is 11.8. The highest BCUT2D eigenvalue weighted by molar-refractivity contribution is 6.29. The zero-order chi connectivity index (χ0) is 20.9. The molecule has 0 radical (unpaired) electrons. The summed E-state index contributed by atoms with van der Waals surface area (Å²) in [6.45, 7) is 0.552. The van der Waals surface area contributed by atoms with Crippen molar-refractivity contribution in [2.45, 2.75) is 12.3 Å². The Bertz CT molecular complexity index is 1110. The molecule has 4 nitrogen and oxygen atoms in total. The largest absolute Gasteiger partial charge is 0.449 e. The van der Waals surface area contributed by atoms with Gasteiger partial charge in [0.15, 0.2) is 11.0 Å². The molecule has 1 aromatic heterocycles. The molecule has 0 spiro atoms. The summed E-state index contributed by atoms with van der Waals surface area (Å²) in [4.78, 5) is 15.7. The molecule has 1 aliphatic carbocycles. The van der Waals surface area contributed by atoms with Gasteiger partial charge in [-0.15, -0.1) is 0 Å². The minimum Gasteiger partial charge on any atom is -0.449 e. The predicted molar refractivity (Wildman–Crippen MR) is 114 cm³/mol. The molecular formula is C24H18ClFN2O2. The SMILES string of the molecule is O=C(NCCC#Cc1ccnc(Cl)c1F)OCC1c2ccccc2-c2ccccc21. The maximum absolute atomic E-state index is 13.7. The number of alkyl carbamates (subject to hydrolysis) is 1. The summed E-state index contributed by atoms with van der Waals surface area (Å²) < 4.78 is 19.2. The molecule has 1 heterocycles. The van der Waals surface area contributed by atoms with Gasteiger partial charge in [-0.25, -0.2) is 14.2 Å². The lowest BCUT2D eigenvalue weighted by Gasteiger charge is -2.14. The Morgan fingerprint density at radius 1 is 1.10 bits per heavy atom. The average Bonchev–Trinajstić information content (AvgIpc) is 3.09. The number of hydrogen-bond acceptors (Lipinski definition) is 3. The lowest BCUT2D eigenvalue weighted by Crippen LogP contribution is -2.26. The van der Waals surface area contributed by atoms with Crippen LogP contribution in [-0.4, -0.2) is 24.2 Å². The molecule has 2 aromatic carbocycles. The molecule has 1 amide bonds. The third-order valence-electron chi connectivity index (χ3n) is 4.93. The fourth-order valence-corrected chi connectivity index (χ4v) is 3.71. The predicted octanol–water partition coefficient (Wildman–Crippen LogP) is 5.15. The van der Waals surface area contributed by atoms with Crippen molar-refractivity contribution < 1.29 is 13.9 Å². The third kappa shape index (κ3) is 4.14. The number of aromatic nitrogens is 1. The van der Waals surface area contributed by atoms with Crippen LogP contribution in [0.25, 0.3) is 11.1 Å². The van der Waals surface area contributed by atoms with Gasteiger partial charge in [0, 0.05) is 25.1 Å². The van der Waals surface area contributed by atoms with Crippen LogP contribution in [0.4, 0.5) is 9.18 Å². The van der Waals surface area contributed by atoms with Crippen LogP contribution < -0.4 is 5.32 Å². The second kappa shape index (κ2) is 8.98. The highest BCUT2D eigenvalue weighted by atomic mass is 35.5. The zero-order valence-electron chi connectivity index (χ0n) is 16.0. The first-order valence-electron chi connectivity index (χ1n) is 9.53. The van der Waals surface area contributed by atoms with Crippen LogP contribution in [-0.2, 0) is 4.74 Å². The first-order chi connectivity index (χ1) is 14.6. The molecule has 150 valence electrons. The maximum atomic E-state index is 13.7. The van der Waals surface area contributed by atoms with Gasteiger partial charge in [-0.1, -0.05) is 72.0 Å². The van der Waals surface area contributed by atoms with Crippen molar-refractivity contribution in [2.24, 2.45) is 0 Å². The zero-order valence-corrected chi connectivity index (χ0v) is 16.7. The Balaban J connectivity index is 1.30. The van der Waals surface area contributed by atoms with Gasteiger partial charge in [0.05, 0.1) is 5.56 Å². The van der Waals surface area contributed by atoms with Gasteiger partial charge in [0.2, 0.25) is 0 Å². The molecule has 0 aliphatic heterocycles. The van der Waals surface area contributed by atoms with Crippen LogP contribution in [0.2, 0.25) is 5.15 Å². The molecule has 0 saturated carbocycles. The summed E-state index contributed by atoms with van der Waals surface area (Å²) in [5.74, 6) is 4.86. The van der Waals surface area contributed by atoms with Crippen molar-refractivity contribution in [2.75, 3.05) is 13.2 Å². The van der Waals surface area contributed by atoms with Crippen molar-refractivity contribution in [3.05, 3.63) is 88.5 Å². The summed E-state index contributed by atoms with van der Waals surface area (Å²) in [5.41, 5.74) is 4.86. The summed E-state index contributed by atoms with van der Waals surface area (Å²) in [6.07, 6.45) is 1.24. The van der Waals surface area contributed by atoms with E-state index in [0.29, 0.717) is 13.0 Å². The number of carbonyl (C=O) groups is 1. The number of halogens is 2. The van der Waals surface area contributed by atoms with Crippen LogP contribution in [0.15, 0.2) is 60.8 Å². The van der Waals surface area contributed by atoms with Gasteiger partial charge in [-0.3, -0.25) is 0 Å². The third-order valence-corrected chi connectivity index (χ3v) is 5.20. The van der Waals surface area contributed by atoms with Crippen molar-refractivity contribution in [3.8, 4) is 23.0 Å². The number of carbonyl (C=O) groups excluding carboxylic acids is 1. The van der Waals surface area contributed by atoms with E-state index in [0.717, 1.165) is 11.1 Å². The van der Waals surface area contributed by atoms with Gasteiger partial charge < -0.3 is 10.1 Å². The summed E-state index contributed by atoms with van der Waals surface area (Å²) >= 11 is 5.62. The molecule has 3 aromatic rings. The number of ether oxygens (including phenoxy) is 1. The van der Waals surface area contributed by atoms with E-state index in [1.807, 2.05) is 24.3 Å². The fraction of sp³-hybridized carbons (Fsp3) is 0.167. The number of fused-ring (bicyclic) bond motifs is 3. The van der Waals surface area contributed by atoms with Crippen molar-refractivity contribution in [3.63, 3.8) is 0 Å². The molecule has 0 unspecified atom stereocenters. The van der Waals surface area contributed by atoms with Gasteiger partial charge in [-0.2, -0.15) is 0 Å². The van der Waals surface area contributed by atoms with E-state index in [4.69, 9.17) is 16.3 Å². The molecule has 4 rings (SSSR count). The van der Waals surface area contributed by atoms with Crippen LogP contribution in [0.1, 0.15) is 29.0 Å². The first-order valence-corrected chi connectivity index (χ1v) is 9.90. The van der Waals surface area contributed by atoms with Gasteiger partial charge in [0.25, 0.3) is 0 Å². The van der Waals surface area contributed by atoms with E-state index in [9.17, 15) is 9.18 Å². The molecule has 1 N–H and O–H groups in total. The molecular weight excluding hydrogens is 403 g/mol. The highest BCUT2D eigenvalue weighted by Gasteiger charge is 2.28. The number of nitrogens with one attached hydrogen (secondary N) is 1. The van der Waals surface area contributed by atoms with Crippen LogP contribution in [0.5, 0.6) is 0 Å². The molecule has 30 heavy (non-hydrogen) atoms. The lowest BCUT2D eigenvalue weighted by molar-refractivity contribution is 0.143. The van der Waals surface area contributed by atoms with E-state index in [-0.39, 0.29) is 23.2 Å². The second-order valence-corrected chi connectivity index (χ2v) is 7.13. The second-order valence-electron chi connectivity index (χ2n) is 6.77. The number of rotatable bonds is 4. The van der Waals surface area contributed by atoms with Gasteiger partial charge in [-0.05, 0) is 28.3 Å². The van der Waals surface area contributed by atoms with Gasteiger partial charge in [0.1, 0.15) is 6.61 Å². The Kier molecular flexibility index (Phi) is 5.97. The van der Waals surface area contributed by atoms with Crippen LogP contribution in [0, 0.1) is 17.7 Å². The Morgan fingerprint density at radius 3 is 2.47 bits per heavy atom. The van der Waals surface area contributed by atoms with E-state index < -0.39 is 11.9 Å². The first kappa shape index (κ1) is 19.9. The minimum absolute atomic E-state index is 0.0161. The maximum Gasteiger partial charge on any atom is 0.407 e. The van der Waals surface area contributed by atoms with E-state index in [1.54, 1.807) is 0 Å². The number of benzene rings is 2. The quantitative estimate of drug-likeness (QED) is 0.360. The summed E-state index contributed by atoms with van der Waals surface area (Å²) in [6, 6.07) is 17.8. The smallest absolute Gasteiger partial charge is 0.407 e. The molecule has 0 bridgehead atoms. The molecule has 1 aliphatic rings. The number of amides is 1. The topological polar surface area (TPSA) is 51.2 Å². The summed E-state index contributed by atoms with van der Waals surface area (Å²) in [5, 5.41) is 2.46. The lowest BCUT2D eigenvalue weighted by atomic mass is 9.98. The van der Waals surface area contributed by atoms with E-state index >= 15 is 0 Å². The van der Waals surface area contributed by atoms with Crippen molar-refractivity contribution in [1.29, 1.82) is 0 Å². The monoisotopic (exact) mass is 420 g/mol. The Morgan fingerprint density at radius 2 is 1.77 bits per heavy atom. The Hall–Kier alpha value is -3.36. The van der Waals surface area contributed by atoms with Crippen LogP contribution >= 0.6 is 11.6 Å². The standard InChI is InChI=1S/C24H18ClFN2O2/c25-23-22(26)16(12-14-27-23)7-5-6-13-28-24(29)30-15-21-19-10-3-1-8-17(19)18-9-2-4-11-20(18)21/h1-4,8-12,14,21H,6,13,15H2,(H,28,29). The van der Waals surface area contributed by atoms with E-state index in [2.05, 4.69) is 46.4 Å².